The minimum atomic E-state index is 0.937. The minimum Gasteiger partial charge on any atom is -0.497 e. The molecule has 2 aromatic rings. The van der Waals surface area contributed by atoms with E-state index >= 15 is 0 Å². The van der Waals surface area contributed by atoms with Gasteiger partial charge in [0.2, 0.25) is 0 Å². The Morgan fingerprint density at radius 2 is 2.12 bits per heavy atom. The molecular formula is C14H20N2O. The zero-order valence-corrected chi connectivity index (χ0v) is 11.0. The van der Waals surface area contributed by atoms with Gasteiger partial charge in [0.15, 0.2) is 0 Å². The number of aryl methyl sites for hydroxylation is 2. The van der Waals surface area contributed by atoms with Gasteiger partial charge in [-0.15, -0.1) is 0 Å². The number of hydrogen-bond donors (Lipinski definition) is 1. The maximum absolute atomic E-state index is 5.35. The topological polar surface area (TPSA) is 26.2 Å². The van der Waals surface area contributed by atoms with Crippen LogP contribution in [0.25, 0.3) is 10.9 Å². The molecule has 0 atom stereocenters. The van der Waals surface area contributed by atoms with E-state index in [4.69, 9.17) is 4.74 Å². The van der Waals surface area contributed by atoms with Crippen LogP contribution in [0.15, 0.2) is 18.3 Å². The summed E-state index contributed by atoms with van der Waals surface area (Å²) in [7, 11) is 5.80. The first kappa shape index (κ1) is 12.0. The van der Waals surface area contributed by atoms with Crippen LogP contribution in [0.1, 0.15) is 11.1 Å². The second-order valence-electron chi connectivity index (χ2n) is 4.46. The molecule has 0 radical (unpaired) electrons. The van der Waals surface area contributed by atoms with Crippen molar-refractivity contribution in [2.75, 3.05) is 20.7 Å². The average Bonchev–Trinajstić information content (AvgIpc) is 2.63. The third-order valence-corrected chi connectivity index (χ3v) is 3.20. The van der Waals surface area contributed by atoms with E-state index < -0.39 is 0 Å². The zero-order valence-electron chi connectivity index (χ0n) is 11.0. The highest BCUT2D eigenvalue weighted by Gasteiger charge is 2.10. The molecule has 3 nitrogen and oxygen atoms in total. The SMILES string of the molecule is CNCCc1cn(C)c2c(C)cc(OC)cc12. The van der Waals surface area contributed by atoms with Crippen LogP contribution in [0.5, 0.6) is 5.75 Å². The molecule has 0 aliphatic carbocycles. The molecular weight excluding hydrogens is 212 g/mol. The van der Waals surface area contributed by atoms with E-state index in [0.717, 1.165) is 18.7 Å². The van der Waals surface area contributed by atoms with Gasteiger partial charge in [-0.25, -0.2) is 0 Å². The molecule has 0 unspecified atom stereocenters. The number of ether oxygens (including phenoxy) is 1. The van der Waals surface area contributed by atoms with Crippen LogP contribution in [-0.4, -0.2) is 25.3 Å². The van der Waals surface area contributed by atoms with E-state index in [1.807, 2.05) is 7.05 Å². The summed E-state index contributed by atoms with van der Waals surface area (Å²) in [6.45, 7) is 3.13. The Kier molecular flexibility index (Phi) is 3.38. The van der Waals surface area contributed by atoms with Gasteiger partial charge in [-0.1, -0.05) is 0 Å². The molecule has 1 N–H and O–H groups in total. The summed E-state index contributed by atoms with van der Waals surface area (Å²) in [6, 6.07) is 4.22. The van der Waals surface area contributed by atoms with Crippen molar-refractivity contribution in [2.45, 2.75) is 13.3 Å². The van der Waals surface area contributed by atoms with Crippen LogP contribution in [-0.2, 0) is 13.5 Å². The van der Waals surface area contributed by atoms with Crippen LogP contribution in [0.3, 0.4) is 0 Å². The second kappa shape index (κ2) is 4.80. The summed E-state index contributed by atoms with van der Waals surface area (Å²) in [5, 5.41) is 4.50. The lowest BCUT2D eigenvalue weighted by atomic mass is 10.1. The molecule has 0 fully saturated rings. The van der Waals surface area contributed by atoms with E-state index in [2.05, 4.69) is 42.2 Å². The van der Waals surface area contributed by atoms with Gasteiger partial charge >= 0.3 is 0 Å². The summed E-state index contributed by atoms with van der Waals surface area (Å²) in [5.74, 6) is 0.937. The highest BCUT2D eigenvalue weighted by molar-refractivity contribution is 5.88. The van der Waals surface area contributed by atoms with Gasteiger partial charge in [0.1, 0.15) is 5.75 Å². The summed E-state index contributed by atoms with van der Waals surface area (Å²) in [4.78, 5) is 0. The molecule has 0 aliphatic rings. The molecule has 92 valence electrons. The number of hydrogen-bond acceptors (Lipinski definition) is 2. The molecule has 1 aromatic heterocycles. The van der Waals surface area contributed by atoms with E-state index in [-0.39, 0.29) is 0 Å². The molecule has 0 amide bonds. The maximum atomic E-state index is 5.35. The Balaban J connectivity index is 2.57. The molecule has 2 rings (SSSR count). The van der Waals surface area contributed by atoms with Crippen molar-refractivity contribution in [3.8, 4) is 5.75 Å². The van der Waals surface area contributed by atoms with E-state index in [0.29, 0.717) is 0 Å². The van der Waals surface area contributed by atoms with Crippen molar-refractivity contribution in [1.29, 1.82) is 0 Å². The number of likely N-dealkylation sites (N-methyl/N-ethyl adjacent to an activating group) is 1. The van der Waals surface area contributed by atoms with Crippen molar-refractivity contribution in [3.63, 3.8) is 0 Å². The van der Waals surface area contributed by atoms with Crippen LogP contribution < -0.4 is 10.1 Å². The van der Waals surface area contributed by atoms with Crippen molar-refractivity contribution < 1.29 is 4.74 Å². The second-order valence-corrected chi connectivity index (χ2v) is 4.46. The first-order chi connectivity index (χ1) is 8.17. The lowest BCUT2D eigenvalue weighted by molar-refractivity contribution is 0.415. The van der Waals surface area contributed by atoms with Gasteiger partial charge in [-0.2, -0.15) is 0 Å². The summed E-state index contributed by atoms with van der Waals surface area (Å²) in [5.41, 5.74) is 3.94. The number of methoxy groups -OCH3 is 1. The van der Waals surface area contributed by atoms with E-state index in [1.165, 1.54) is 22.0 Å². The van der Waals surface area contributed by atoms with Crippen molar-refractivity contribution in [1.82, 2.24) is 9.88 Å². The summed E-state index contributed by atoms with van der Waals surface area (Å²) in [6.07, 6.45) is 3.26. The van der Waals surface area contributed by atoms with E-state index in [9.17, 15) is 0 Å². The smallest absolute Gasteiger partial charge is 0.119 e. The lowest BCUT2D eigenvalue weighted by Gasteiger charge is -2.06. The Bertz CT molecular complexity index is 528. The van der Waals surface area contributed by atoms with Gasteiger partial charge in [-0.05, 0) is 50.2 Å². The number of nitrogens with one attached hydrogen (secondary N) is 1. The molecule has 0 bridgehead atoms. The number of aromatic nitrogens is 1. The molecule has 0 spiro atoms. The molecule has 0 saturated heterocycles. The predicted octanol–water partition coefficient (Wildman–Crippen LogP) is 2.26. The highest BCUT2D eigenvalue weighted by Crippen LogP contribution is 2.28. The normalized spacial score (nSPS) is 11.1. The quantitative estimate of drug-likeness (QED) is 0.875. The van der Waals surface area contributed by atoms with Gasteiger partial charge in [-0.3, -0.25) is 0 Å². The summed E-state index contributed by atoms with van der Waals surface area (Å²) < 4.78 is 7.55. The number of fused-ring (bicyclic) bond motifs is 1. The van der Waals surface area contributed by atoms with Crippen molar-refractivity contribution in [3.05, 3.63) is 29.5 Å². The van der Waals surface area contributed by atoms with Crippen molar-refractivity contribution in [2.24, 2.45) is 7.05 Å². The molecule has 1 aromatic carbocycles. The van der Waals surface area contributed by atoms with Crippen molar-refractivity contribution >= 4 is 10.9 Å². The predicted molar refractivity (Wildman–Crippen MR) is 71.8 cm³/mol. The van der Waals surface area contributed by atoms with Crippen LogP contribution >= 0.6 is 0 Å². The Morgan fingerprint density at radius 1 is 1.35 bits per heavy atom. The highest BCUT2D eigenvalue weighted by atomic mass is 16.5. The number of nitrogens with zero attached hydrogens (tertiary/aromatic N) is 1. The molecule has 1 heterocycles. The standard InChI is InChI=1S/C14H20N2O/c1-10-7-12(17-4)8-13-11(5-6-15-2)9-16(3)14(10)13/h7-9,15H,5-6H2,1-4H3. The van der Waals surface area contributed by atoms with Crippen LogP contribution in [0.2, 0.25) is 0 Å². The van der Waals surface area contributed by atoms with Gasteiger partial charge in [0.25, 0.3) is 0 Å². The molecule has 0 aliphatic heterocycles. The Morgan fingerprint density at radius 3 is 2.76 bits per heavy atom. The monoisotopic (exact) mass is 232 g/mol. The average molecular weight is 232 g/mol. The van der Waals surface area contributed by atoms with Gasteiger partial charge < -0.3 is 14.6 Å². The van der Waals surface area contributed by atoms with E-state index in [1.54, 1.807) is 7.11 Å². The fraction of sp³-hybridized carbons (Fsp3) is 0.429. The Labute approximate surface area is 102 Å². The molecule has 0 saturated carbocycles. The largest absolute Gasteiger partial charge is 0.497 e. The van der Waals surface area contributed by atoms with Gasteiger partial charge in [0, 0.05) is 18.6 Å². The molecule has 3 heteroatoms. The fourth-order valence-electron chi connectivity index (χ4n) is 2.40. The number of benzene rings is 1. The summed E-state index contributed by atoms with van der Waals surface area (Å²) >= 11 is 0. The first-order valence-corrected chi connectivity index (χ1v) is 5.94. The maximum Gasteiger partial charge on any atom is 0.119 e. The van der Waals surface area contributed by atoms with Crippen LogP contribution in [0, 0.1) is 6.92 Å². The zero-order chi connectivity index (χ0) is 12.4. The molecule has 17 heavy (non-hydrogen) atoms. The van der Waals surface area contributed by atoms with Crippen LogP contribution in [0.4, 0.5) is 0 Å². The Hall–Kier alpha value is -1.48. The third kappa shape index (κ3) is 2.15. The first-order valence-electron chi connectivity index (χ1n) is 5.94. The minimum absolute atomic E-state index is 0.937. The number of rotatable bonds is 4. The third-order valence-electron chi connectivity index (χ3n) is 3.20. The lowest BCUT2D eigenvalue weighted by Crippen LogP contribution is -2.09. The van der Waals surface area contributed by atoms with Gasteiger partial charge in [0.05, 0.1) is 12.6 Å². The fourth-order valence-corrected chi connectivity index (χ4v) is 2.40.